The van der Waals surface area contributed by atoms with Crippen molar-refractivity contribution in [1.82, 2.24) is 0 Å². The summed E-state index contributed by atoms with van der Waals surface area (Å²) in [5, 5.41) is 0. The molecule has 2 atom stereocenters. The van der Waals surface area contributed by atoms with E-state index in [1.54, 1.807) is 0 Å². The van der Waals surface area contributed by atoms with Crippen LogP contribution in [0.2, 0.25) is 0 Å². The maximum atomic E-state index is 6.14. The molecule has 4 N–H and O–H groups in total. The van der Waals surface area contributed by atoms with Crippen molar-refractivity contribution in [1.29, 1.82) is 0 Å². The second-order valence-electron chi connectivity index (χ2n) is 17.0. The van der Waals surface area contributed by atoms with Gasteiger partial charge in [0.1, 0.15) is 0 Å². The number of hydrogen-bond donors (Lipinski definition) is 2. The van der Waals surface area contributed by atoms with E-state index in [1.165, 1.54) is 168 Å². The molecule has 0 heterocycles. The third-order valence-electron chi connectivity index (χ3n) is 13.0. The predicted molar refractivity (Wildman–Crippen MR) is 237 cm³/mol. The second kappa shape index (κ2) is 22.1. The fourth-order valence-corrected chi connectivity index (χ4v) is 9.53. The number of benzene rings is 4. The van der Waals surface area contributed by atoms with Crippen molar-refractivity contribution >= 4 is 11.4 Å². The van der Waals surface area contributed by atoms with E-state index in [2.05, 4.69) is 118 Å². The molecule has 0 spiro atoms. The monoisotopic (exact) mass is 727 g/mol. The molecule has 1 fully saturated rings. The van der Waals surface area contributed by atoms with Crippen molar-refractivity contribution in [2.45, 2.75) is 173 Å². The zero-order chi connectivity index (χ0) is 38.0. The third kappa shape index (κ3) is 11.7. The Morgan fingerprint density at radius 2 is 0.778 bits per heavy atom. The van der Waals surface area contributed by atoms with Crippen LogP contribution < -0.4 is 11.5 Å². The van der Waals surface area contributed by atoms with Gasteiger partial charge in [-0.1, -0.05) is 190 Å². The van der Waals surface area contributed by atoms with Gasteiger partial charge in [0.05, 0.1) is 0 Å². The van der Waals surface area contributed by atoms with Gasteiger partial charge in [-0.05, 0) is 102 Å². The first kappa shape index (κ1) is 41.6. The molecule has 0 radical (unpaired) electrons. The summed E-state index contributed by atoms with van der Waals surface area (Å²) in [7, 11) is 0. The van der Waals surface area contributed by atoms with Crippen LogP contribution in [0, 0.1) is 5.92 Å². The standard InChI is InChI=1S/C52H74N2/c1-4-7-10-12-14-16-19-50(44-25-33-48(53)34-26-44)42-21-29-46(30-22-42)52(39-37-41(38-40-52)18-9-6-3)47-31-23-43(24-32-47)51(20-17-15-13-11-8-5-2)45-27-35-49(54)36-28-45/h21-36,41,50-51H,4-20,37-40,53-54H2,1-3H3. The molecule has 2 unspecified atom stereocenters. The van der Waals surface area contributed by atoms with Crippen LogP contribution in [0.25, 0.3) is 0 Å². The molecule has 5 rings (SSSR count). The molecule has 0 amide bonds. The predicted octanol–water partition coefficient (Wildman–Crippen LogP) is 15.3. The Kier molecular flexibility index (Phi) is 17.1. The summed E-state index contributed by atoms with van der Waals surface area (Å²) in [6.07, 6.45) is 27.4. The van der Waals surface area contributed by atoms with E-state index in [9.17, 15) is 0 Å². The van der Waals surface area contributed by atoms with Crippen molar-refractivity contribution in [2.24, 2.45) is 5.92 Å². The van der Waals surface area contributed by atoms with E-state index in [1.807, 2.05) is 0 Å². The average molecular weight is 727 g/mol. The van der Waals surface area contributed by atoms with Gasteiger partial charge in [-0.25, -0.2) is 0 Å². The van der Waals surface area contributed by atoms with Crippen LogP contribution in [0.1, 0.15) is 201 Å². The third-order valence-corrected chi connectivity index (χ3v) is 13.0. The summed E-state index contributed by atoms with van der Waals surface area (Å²) in [5.74, 6) is 1.67. The maximum absolute atomic E-state index is 6.14. The van der Waals surface area contributed by atoms with Gasteiger partial charge in [0.2, 0.25) is 0 Å². The largest absolute Gasteiger partial charge is 0.399 e. The van der Waals surface area contributed by atoms with Crippen molar-refractivity contribution in [2.75, 3.05) is 11.5 Å². The quantitative estimate of drug-likeness (QED) is 0.0590. The molecule has 2 heteroatoms. The summed E-state index contributed by atoms with van der Waals surface area (Å²) in [6, 6.07) is 37.3. The van der Waals surface area contributed by atoms with Gasteiger partial charge < -0.3 is 11.5 Å². The van der Waals surface area contributed by atoms with E-state index in [-0.39, 0.29) is 5.41 Å². The lowest BCUT2D eigenvalue weighted by molar-refractivity contribution is 0.251. The van der Waals surface area contributed by atoms with Crippen LogP contribution >= 0.6 is 0 Å². The van der Waals surface area contributed by atoms with Crippen LogP contribution in [0.3, 0.4) is 0 Å². The number of anilines is 2. The lowest BCUT2D eigenvalue weighted by Crippen LogP contribution is -2.33. The van der Waals surface area contributed by atoms with Gasteiger partial charge in [-0.2, -0.15) is 0 Å². The van der Waals surface area contributed by atoms with Crippen LogP contribution in [0.4, 0.5) is 11.4 Å². The van der Waals surface area contributed by atoms with Gasteiger partial charge in [-0.15, -0.1) is 0 Å². The molecule has 0 aliphatic heterocycles. The Labute approximate surface area is 330 Å². The van der Waals surface area contributed by atoms with Crippen molar-refractivity contribution in [3.63, 3.8) is 0 Å². The van der Waals surface area contributed by atoms with Gasteiger partial charge >= 0.3 is 0 Å². The van der Waals surface area contributed by atoms with Crippen molar-refractivity contribution in [3.05, 3.63) is 130 Å². The lowest BCUT2D eigenvalue weighted by atomic mass is 9.62. The Bertz CT molecular complexity index is 1470. The molecule has 0 bridgehead atoms. The molecule has 292 valence electrons. The highest BCUT2D eigenvalue weighted by atomic mass is 14.5. The number of rotatable bonds is 23. The molecule has 1 saturated carbocycles. The number of nitrogen functional groups attached to an aromatic ring is 2. The van der Waals surface area contributed by atoms with Gasteiger partial charge in [-0.3, -0.25) is 0 Å². The summed E-state index contributed by atoms with van der Waals surface area (Å²) >= 11 is 0. The number of hydrogen-bond acceptors (Lipinski definition) is 2. The SMILES string of the molecule is CCCCCCCCC(c1ccc(N)cc1)c1ccc(C2(c3ccc(C(CCCCCCCC)c4ccc(N)cc4)cc3)CCC(CCCC)CC2)cc1. The minimum atomic E-state index is 0.0612. The molecule has 0 aromatic heterocycles. The zero-order valence-electron chi connectivity index (χ0n) is 34.5. The first-order valence-electron chi connectivity index (χ1n) is 22.4. The highest BCUT2D eigenvalue weighted by Crippen LogP contribution is 2.48. The summed E-state index contributed by atoms with van der Waals surface area (Å²) in [6.45, 7) is 6.94. The minimum absolute atomic E-state index is 0.0612. The van der Waals surface area contributed by atoms with E-state index in [0.717, 1.165) is 17.3 Å². The summed E-state index contributed by atoms with van der Waals surface area (Å²) < 4.78 is 0. The summed E-state index contributed by atoms with van der Waals surface area (Å²) in [4.78, 5) is 0. The highest BCUT2D eigenvalue weighted by molar-refractivity contribution is 5.47. The smallest absolute Gasteiger partial charge is 0.0314 e. The van der Waals surface area contributed by atoms with Crippen LogP contribution in [-0.4, -0.2) is 0 Å². The van der Waals surface area contributed by atoms with E-state index in [4.69, 9.17) is 11.5 Å². The minimum Gasteiger partial charge on any atom is -0.399 e. The van der Waals surface area contributed by atoms with Crippen LogP contribution in [0.5, 0.6) is 0 Å². The van der Waals surface area contributed by atoms with Gasteiger partial charge in [0, 0.05) is 28.6 Å². The second-order valence-corrected chi connectivity index (χ2v) is 17.0. The molecule has 0 saturated heterocycles. The fraction of sp³-hybridized carbons (Fsp3) is 0.538. The van der Waals surface area contributed by atoms with E-state index < -0.39 is 0 Å². The molecule has 1 aliphatic carbocycles. The normalized spacial score (nSPS) is 18.4. The van der Waals surface area contributed by atoms with Crippen LogP contribution in [-0.2, 0) is 5.41 Å². The average Bonchev–Trinajstić information content (AvgIpc) is 3.21. The number of nitrogens with two attached hydrogens (primary N) is 2. The lowest BCUT2D eigenvalue weighted by Gasteiger charge is -2.42. The van der Waals surface area contributed by atoms with Gasteiger partial charge in [0.25, 0.3) is 0 Å². The van der Waals surface area contributed by atoms with Crippen LogP contribution in [0.15, 0.2) is 97.1 Å². The highest BCUT2D eigenvalue weighted by Gasteiger charge is 2.38. The van der Waals surface area contributed by atoms with Crippen molar-refractivity contribution < 1.29 is 0 Å². The Morgan fingerprint density at radius 3 is 1.15 bits per heavy atom. The Hall–Kier alpha value is -3.52. The zero-order valence-corrected chi connectivity index (χ0v) is 34.5. The van der Waals surface area contributed by atoms with Gasteiger partial charge in [0.15, 0.2) is 0 Å². The Morgan fingerprint density at radius 1 is 0.444 bits per heavy atom. The van der Waals surface area contributed by atoms with Crippen molar-refractivity contribution in [3.8, 4) is 0 Å². The van der Waals surface area contributed by atoms with E-state index in [0.29, 0.717) is 11.8 Å². The molecule has 4 aromatic carbocycles. The molecule has 1 aliphatic rings. The molecule has 54 heavy (non-hydrogen) atoms. The molecular formula is C52H74N2. The maximum Gasteiger partial charge on any atom is 0.0314 e. The first-order chi connectivity index (χ1) is 26.5. The Balaban J connectivity index is 1.41. The number of unbranched alkanes of at least 4 members (excludes halogenated alkanes) is 11. The fourth-order valence-electron chi connectivity index (χ4n) is 9.53. The van der Waals surface area contributed by atoms with E-state index >= 15 is 0 Å². The molecule has 4 aromatic rings. The molecule has 2 nitrogen and oxygen atoms in total. The first-order valence-corrected chi connectivity index (χ1v) is 22.4. The summed E-state index contributed by atoms with van der Waals surface area (Å²) in [5.41, 5.74) is 22.7. The molecular weight excluding hydrogens is 653 g/mol. The topological polar surface area (TPSA) is 52.0 Å².